The van der Waals surface area contributed by atoms with Crippen molar-refractivity contribution in [1.29, 1.82) is 0 Å². The lowest BCUT2D eigenvalue weighted by Crippen LogP contribution is -2.39. The van der Waals surface area contributed by atoms with Crippen LogP contribution in [0.25, 0.3) is 0 Å². The topological polar surface area (TPSA) is 59.0 Å². The van der Waals surface area contributed by atoms with Crippen LogP contribution in [0, 0.1) is 23.4 Å². The van der Waals surface area contributed by atoms with Gasteiger partial charge in [-0.1, -0.05) is 12.1 Å². The number of halogens is 3. The van der Waals surface area contributed by atoms with Crippen molar-refractivity contribution < 1.29 is 32.5 Å². The average Bonchev–Trinajstić information content (AvgIpc) is 3.53. The zero-order valence-electron chi connectivity index (χ0n) is 17.6. The number of carbonyl (C=O) groups is 1. The summed E-state index contributed by atoms with van der Waals surface area (Å²) in [5, 5.41) is 9.13. The number of benzene rings is 2. The molecule has 0 amide bonds. The van der Waals surface area contributed by atoms with Crippen molar-refractivity contribution in [2.24, 2.45) is 5.92 Å². The van der Waals surface area contributed by atoms with Crippen molar-refractivity contribution in [1.82, 2.24) is 0 Å². The molecule has 5 nitrogen and oxygen atoms in total. The molecule has 2 aliphatic carbocycles. The molecule has 0 bridgehead atoms. The van der Waals surface area contributed by atoms with Crippen LogP contribution in [0.5, 0.6) is 5.75 Å². The highest BCUT2D eigenvalue weighted by molar-refractivity contribution is 5.75. The zero-order valence-corrected chi connectivity index (χ0v) is 17.6. The Kier molecular flexibility index (Phi) is 5.28. The van der Waals surface area contributed by atoms with Crippen LogP contribution >= 0.6 is 0 Å². The van der Waals surface area contributed by atoms with Crippen molar-refractivity contribution in [2.45, 2.75) is 50.4 Å². The molecule has 0 radical (unpaired) electrons. The lowest BCUT2D eigenvalue weighted by Gasteiger charge is -2.35. The molecule has 8 heteroatoms. The van der Waals surface area contributed by atoms with Crippen LogP contribution in [0.4, 0.5) is 18.9 Å². The average molecular weight is 447 g/mol. The molecule has 3 aliphatic rings. The van der Waals surface area contributed by atoms with Gasteiger partial charge in [0, 0.05) is 51.1 Å². The number of hydrogen-bond donors (Lipinski definition) is 1. The Bertz CT molecular complexity index is 1070. The first-order valence-electron chi connectivity index (χ1n) is 10.8. The van der Waals surface area contributed by atoms with Crippen LogP contribution in [0.2, 0.25) is 0 Å². The molecule has 170 valence electrons. The molecule has 1 N–H and O–H groups in total. The minimum atomic E-state index is -0.985. The fourth-order valence-electron chi connectivity index (χ4n) is 4.78. The molecule has 5 rings (SSSR count). The third kappa shape index (κ3) is 3.70. The molecule has 2 aromatic rings. The van der Waals surface area contributed by atoms with Crippen molar-refractivity contribution in [3.8, 4) is 5.75 Å². The summed E-state index contributed by atoms with van der Waals surface area (Å²) in [6.07, 6.45) is 2.21. The fraction of sp³-hybridized carbons (Fsp3) is 0.458. The second kappa shape index (κ2) is 7.99. The minimum absolute atomic E-state index is 0.0888. The minimum Gasteiger partial charge on any atom is -0.490 e. The van der Waals surface area contributed by atoms with E-state index in [2.05, 4.69) is 0 Å². The van der Waals surface area contributed by atoms with E-state index < -0.39 is 23.5 Å². The summed E-state index contributed by atoms with van der Waals surface area (Å²) in [6.45, 7) is 0.546. The Morgan fingerprint density at radius 1 is 1.09 bits per heavy atom. The molecule has 0 saturated heterocycles. The van der Waals surface area contributed by atoms with Crippen LogP contribution in [-0.2, 0) is 22.5 Å². The summed E-state index contributed by atoms with van der Waals surface area (Å²) in [7, 11) is 1.63. The SMILES string of the molecule is CO[C@H]1C[C@H](Oc2cc(F)c(F)c(N3CCc4c(ccc([C@@H]5C[C@H]5C(=O)O)c4F)C3)c2)C1. The Labute approximate surface area is 183 Å². The van der Waals surface area contributed by atoms with Crippen LogP contribution in [0.3, 0.4) is 0 Å². The van der Waals surface area contributed by atoms with E-state index in [4.69, 9.17) is 14.6 Å². The zero-order chi connectivity index (χ0) is 22.6. The van der Waals surface area contributed by atoms with Gasteiger partial charge < -0.3 is 19.5 Å². The Balaban J connectivity index is 1.35. The van der Waals surface area contributed by atoms with Crippen LogP contribution in [0.15, 0.2) is 24.3 Å². The van der Waals surface area contributed by atoms with Gasteiger partial charge in [0.1, 0.15) is 17.7 Å². The normalized spacial score (nSPS) is 26.3. The molecule has 1 heterocycles. The number of fused-ring (bicyclic) bond motifs is 1. The number of aliphatic carboxylic acids is 1. The summed E-state index contributed by atoms with van der Waals surface area (Å²) in [4.78, 5) is 12.8. The largest absolute Gasteiger partial charge is 0.490 e. The maximum atomic E-state index is 15.1. The van der Waals surface area contributed by atoms with Gasteiger partial charge in [0.25, 0.3) is 0 Å². The highest BCUT2D eigenvalue weighted by Gasteiger charge is 2.46. The van der Waals surface area contributed by atoms with E-state index in [1.54, 1.807) is 24.1 Å². The number of rotatable bonds is 6. The Hall–Kier alpha value is -2.74. The standard InChI is InChI=1S/C24H24F3NO4/c1-31-13-6-14(7-13)32-15-8-20(25)23(27)21(9-15)28-5-4-16-12(11-28)2-3-17(22(16)26)18-10-19(18)24(29)30/h2-3,8-9,13-14,18-19H,4-7,10-11H2,1H3,(H,29,30)/t13-,14-,18-,19+/m0/s1. The van der Waals surface area contributed by atoms with E-state index in [1.165, 1.54) is 6.07 Å². The van der Waals surface area contributed by atoms with Gasteiger partial charge in [-0.25, -0.2) is 13.2 Å². The third-order valence-electron chi connectivity index (χ3n) is 6.88. The van der Waals surface area contributed by atoms with E-state index >= 15 is 4.39 Å². The van der Waals surface area contributed by atoms with Gasteiger partial charge in [-0.15, -0.1) is 0 Å². The third-order valence-corrected chi connectivity index (χ3v) is 6.88. The van der Waals surface area contributed by atoms with Gasteiger partial charge in [-0.3, -0.25) is 4.79 Å². The number of carboxylic acids is 1. The van der Waals surface area contributed by atoms with Gasteiger partial charge in [-0.05, 0) is 29.5 Å². The van der Waals surface area contributed by atoms with Crippen molar-refractivity contribution >= 4 is 11.7 Å². The van der Waals surface area contributed by atoms with E-state index in [1.807, 2.05) is 0 Å². The smallest absolute Gasteiger partial charge is 0.307 e. The fourth-order valence-corrected chi connectivity index (χ4v) is 4.78. The second-order valence-electron chi connectivity index (χ2n) is 8.87. The molecule has 0 spiro atoms. The molecular formula is C24H24F3NO4. The highest BCUT2D eigenvalue weighted by Crippen LogP contribution is 2.49. The second-order valence-corrected chi connectivity index (χ2v) is 8.87. The first-order chi connectivity index (χ1) is 15.4. The predicted molar refractivity (Wildman–Crippen MR) is 110 cm³/mol. The van der Waals surface area contributed by atoms with Gasteiger partial charge in [0.2, 0.25) is 0 Å². The molecule has 0 unspecified atom stereocenters. The first kappa shape index (κ1) is 21.1. The maximum absolute atomic E-state index is 15.1. The summed E-state index contributed by atoms with van der Waals surface area (Å²) in [5.74, 6) is -3.77. The van der Waals surface area contributed by atoms with Crippen molar-refractivity contribution in [3.05, 3.63) is 58.4 Å². The van der Waals surface area contributed by atoms with Gasteiger partial charge >= 0.3 is 5.97 Å². The van der Waals surface area contributed by atoms with Crippen LogP contribution in [-0.4, -0.2) is 36.9 Å². The number of anilines is 1. The van der Waals surface area contributed by atoms with Crippen LogP contribution < -0.4 is 9.64 Å². The van der Waals surface area contributed by atoms with E-state index in [-0.39, 0.29) is 41.9 Å². The van der Waals surface area contributed by atoms with Gasteiger partial charge in [0.15, 0.2) is 11.6 Å². The summed E-state index contributed by atoms with van der Waals surface area (Å²) in [5.41, 5.74) is 1.75. The quantitative estimate of drug-likeness (QED) is 0.711. The number of ether oxygens (including phenoxy) is 2. The molecular weight excluding hydrogens is 423 g/mol. The molecule has 1 aliphatic heterocycles. The summed E-state index contributed by atoms with van der Waals surface area (Å²) in [6, 6.07) is 5.95. The number of hydrogen-bond acceptors (Lipinski definition) is 4. The van der Waals surface area contributed by atoms with Gasteiger partial charge in [-0.2, -0.15) is 0 Å². The van der Waals surface area contributed by atoms with Crippen molar-refractivity contribution in [3.63, 3.8) is 0 Å². The van der Waals surface area contributed by atoms with Crippen LogP contribution in [0.1, 0.15) is 41.9 Å². The summed E-state index contributed by atoms with van der Waals surface area (Å²) >= 11 is 0. The lowest BCUT2D eigenvalue weighted by molar-refractivity contribution is -0.138. The van der Waals surface area contributed by atoms with Crippen molar-refractivity contribution in [2.75, 3.05) is 18.6 Å². The molecule has 2 atom stereocenters. The molecule has 2 saturated carbocycles. The highest BCUT2D eigenvalue weighted by atomic mass is 19.2. The Morgan fingerprint density at radius 2 is 1.88 bits per heavy atom. The first-order valence-corrected chi connectivity index (χ1v) is 10.8. The number of nitrogens with zero attached hydrogens (tertiary/aromatic N) is 1. The van der Waals surface area contributed by atoms with Gasteiger partial charge in [0.05, 0.1) is 17.7 Å². The van der Waals surface area contributed by atoms with E-state index in [0.29, 0.717) is 48.9 Å². The predicted octanol–water partition coefficient (Wildman–Crippen LogP) is 4.41. The number of carboxylic acid groups (broad SMARTS) is 1. The molecule has 32 heavy (non-hydrogen) atoms. The Morgan fingerprint density at radius 3 is 2.56 bits per heavy atom. The number of methoxy groups -OCH3 is 1. The molecule has 2 fully saturated rings. The summed E-state index contributed by atoms with van der Waals surface area (Å²) < 4.78 is 55.1. The lowest BCUT2D eigenvalue weighted by atomic mass is 9.92. The monoisotopic (exact) mass is 447 g/mol. The van der Waals surface area contributed by atoms with E-state index in [0.717, 1.165) is 6.07 Å². The molecule has 2 aromatic carbocycles. The maximum Gasteiger partial charge on any atom is 0.307 e. The molecule has 0 aromatic heterocycles. The van der Waals surface area contributed by atoms with E-state index in [9.17, 15) is 13.6 Å².